The van der Waals surface area contributed by atoms with E-state index in [1.54, 1.807) is 18.3 Å². The smallest absolute Gasteiger partial charge is 0.180 e. The number of aliphatic hydroxyl groups excluding tert-OH is 1. The van der Waals surface area contributed by atoms with Crippen molar-refractivity contribution in [3.8, 4) is 11.8 Å². The Balaban J connectivity index is 1.72. The van der Waals surface area contributed by atoms with Crippen molar-refractivity contribution in [3.05, 3.63) is 57.8 Å². The fourth-order valence-electron chi connectivity index (χ4n) is 4.22. The summed E-state index contributed by atoms with van der Waals surface area (Å²) in [7, 11) is 0. The van der Waals surface area contributed by atoms with Crippen LogP contribution in [0.4, 0.5) is 0 Å². The van der Waals surface area contributed by atoms with Crippen molar-refractivity contribution >= 4 is 32.7 Å². The van der Waals surface area contributed by atoms with Gasteiger partial charge in [0.2, 0.25) is 0 Å². The first-order valence-corrected chi connectivity index (χ1v) is 10.8. The van der Waals surface area contributed by atoms with Gasteiger partial charge in [0.05, 0.1) is 34.8 Å². The molecule has 6 nitrogen and oxygen atoms in total. The zero-order valence-electron chi connectivity index (χ0n) is 16.8. The number of piperidine rings is 1. The van der Waals surface area contributed by atoms with Crippen LogP contribution in [0.25, 0.3) is 16.7 Å². The molecule has 2 aromatic heterocycles. The number of hydrogen-bond acceptors (Lipinski definition) is 5. The van der Waals surface area contributed by atoms with Gasteiger partial charge in [-0.25, -0.2) is 0 Å². The standard InChI is InChI=1S/C23H23BrN4O2/c1-15-22(21(30)13-27-8-6-17(14-29)7-9-27)23-20(10-18(24)12-26-23)28(15)19-4-2-16(11-25)3-5-19/h2-5,10,12,17,29H,6-9,13-14H2,1H3. The Kier molecular flexibility index (Phi) is 6.00. The maximum atomic E-state index is 13.3. The molecule has 1 saturated heterocycles. The van der Waals surface area contributed by atoms with Gasteiger partial charge in [-0.2, -0.15) is 5.26 Å². The number of likely N-dealkylation sites (tertiary alicyclic amines) is 1. The van der Waals surface area contributed by atoms with E-state index in [1.807, 2.05) is 29.7 Å². The molecule has 3 heterocycles. The molecular formula is C23H23BrN4O2. The molecule has 1 N–H and O–H groups in total. The van der Waals surface area contributed by atoms with E-state index in [1.165, 1.54) is 0 Å². The number of nitriles is 1. The summed E-state index contributed by atoms with van der Waals surface area (Å²) in [4.78, 5) is 20.1. The molecule has 1 fully saturated rings. The number of hydrogen-bond donors (Lipinski definition) is 1. The minimum absolute atomic E-state index is 0.0576. The van der Waals surface area contributed by atoms with Crippen molar-refractivity contribution in [2.75, 3.05) is 26.2 Å². The monoisotopic (exact) mass is 466 g/mol. The highest BCUT2D eigenvalue weighted by molar-refractivity contribution is 9.10. The maximum Gasteiger partial charge on any atom is 0.180 e. The number of benzene rings is 1. The summed E-state index contributed by atoms with van der Waals surface area (Å²) in [5.41, 5.74) is 4.51. The zero-order valence-corrected chi connectivity index (χ0v) is 18.4. The molecule has 0 bridgehead atoms. The van der Waals surface area contributed by atoms with E-state index in [-0.39, 0.29) is 12.4 Å². The molecule has 154 valence electrons. The largest absolute Gasteiger partial charge is 0.396 e. The van der Waals surface area contributed by atoms with Crippen molar-refractivity contribution in [1.29, 1.82) is 5.26 Å². The maximum absolute atomic E-state index is 13.3. The molecular weight excluding hydrogens is 444 g/mol. The van der Waals surface area contributed by atoms with Crippen LogP contribution in [0.3, 0.4) is 0 Å². The van der Waals surface area contributed by atoms with Gasteiger partial charge in [-0.3, -0.25) is 14.7 Å². The Morgan fingerprint density at radius 3 is 2.63 bits per heavy atom. The van der Waals surface area contributed by atoms with Gasteiger partial charge in [0.25, 0.3) is 0 Å². The van der Waals surface area contributed by atoms with E-state index in [0.29, 0.717) is 29.1 Å². The number of nitrogens with zero attached hydrogens (tertiary/aromatic N) is 4. The highest BCUT2D eigenvalue weighted by atomic mass is 79.9. The molecule has 1 aliphatic rings. The molecule has 1 aromatic carbocycles. The van der Waals surface area contributed by atoms with Gasteiger partial charge >= 0.3 is 0 Å². The average Bonchev–Trinajstić information content (AvgIpc) is 3.05. The van der Waals surface area contributed by atoms with Gasteiger partial charge in [0.15, 0.2) is 5.78 Å². The topological polar surface area (TPSA) is 82.2 Å². The van der Waals surface area contributed by atoms with E-state index in [2.05, 4.69) is 31.9 Å². The summed E-state index contributed by atoms with van der Waals surface area (Å²) in [5.74, 6) is 0.401. The number of fused-ring (bicyclic) bond motifs is 1. The average molecular weight is 467 g/mol. The Morgan fingerprint density at radius 2 is 2.00 bits per heavy atom. The first-order chi connectivity index (χ1) is 14.5. The van der Waals surface area contributed by atoms with Crippen LogP contribution in [0.5, 0.6) is 0 Å². The molecule has 0 radical (unpaired) electrons. The van der Waals surface area contributed by atoms with Crippen LogP contribution < -0.4 is 0 Å². The Morgan fingerprint density at radius 1 is 1.30 bits per heavy atom. The van der Waals surface area contributed by atoms with Crippen LogP contribution in [0, 0.1) is 24.2 Å². The van der Waals surface area contributed by atoms with E-state index >= 15 is 0 Å². The molecule has 1 aliphatic heterocycles. The van der Waals surface area contributed by atoms with Crippen LogP contribution >= 0.6 is 15.9 Å². The minimum Gasteiger partial charge on any atom is -0.396 e. The SMILES string of the molecule is Cc1c(C(=O)CN2CCC(CO)CC2)c2ncc(Br)cc2n1-c1ccc(C#N)cc1. The first kappa shape index (κ1) is 20.7. The van der Waals surface area contributed by atoms with Crippen molar-refractivity contribution in [2.45, 2.75) is 19.8 Å². The van der Waals surface area contributed by atoms with Crippen LogP contribution in [-0.2, 0) is 0 Å². The van der Waals surface area contributed by atoms with Gasteiger partial charge in [-0.15, -0.1) is 0 Å². The molecule has 0 atom stereocenters. The number of halogens is 1. The van der Waals surface area contributed by atoms with Crippen LogP contribution in [0.15, 0.2) is 41.0 Å². The summed E-state index contributed by atoms with van der Waals surface area (Å²) in [6.07, 6.45) is 3.55. The van der Waals surface area contributed by atoms with E-state index in [4.69, 9.17) is 5.26 Å². The number of carbonyl (C=O) groups excluding carboxylic acids is 1. The number of Topliss-reactive ketones (excluding diaryl/α,β-unsaturated/α-hetero) is 1. The van der Waals surface area contributed by atoms with Crippen molar-refractivity contribution < 1.29 is 9.90 Å². The Hall–Kier alpha value is -2.53. The summed E-state index contributed by atoms with van der Waals surface area (Å²) in [6, 6.07) is 11.4. The second kappa shape index (κ2) is 8.68. The van der Waals surface area contributed by atoms with E-state index < -0.39 is 0 Å². The third kappa shape index (κ3) is 3.91. The van der Waals surface area contributed by atoms with Gasteiger partial charge in [0, 0.05) is 28.7 Å². The first-order valence-electron chi connectivity index (χ1n) is 10.0. The van der Waals surface area contributed by atoms with Gasteiger partial charge in [-0.1, -0.05) is 0 Å². The second-order valence-electron chi connectivity index (χ2n) is 7.80. The van der Waals surface area contributed by atoms with E-state index in [0.717, 1.165) is 47.3 Å². The molecule has 0 saturated carbocycles. The Bertz CT molecular complexity index is 1120. The van der Waals surface area contributed by atoms with Crippen molar-refractivity contribution in [2.24, 2.45) is 5.92 Å². The number of carbonyl (C=O) groups is 1. The lowest BCUT2D eigenvalue weighted by atomic mass is 9.97. The highest BCUT2D eigenvalue weighted by Crippen LogP contribution is 2.30. The highest BCUT2D eigenvalue weighted by Gasteiger charge is 2.26. The molecule has 3 aromatic rings. The van der Waals surface area contributed by atoms with Gasteiger partial charge < -0.3 is 9.67 Å². The molecule has 4 rings (SSSR count). The van der Waals surface area contributed by atoms with E-state index in [9.17, 15) is 9.90 Å². The third-order valence-electron chi connectivity index (χ3n) is 5.88. The van der Waals surface area contributed by atoms with Gasteiger partial charge in [0.1, 0.15) is 0 Å². The van der Waals surface area contributed by atoms with Crippen molar-refractivity contribution in [1.82, 2.24) is 14.5 Å². The van der Waals surface area contributed by atoms with Crippen LogP contribution in [-0.4, -0.2) is 51.6 Å². The third-order valence-corrected chi connectivity index (χ3v) is 6.31. The lowest BCUT2D eigenvalue weighted by Gasteiger charge is -2.30. The zero-order chi connectivity index (χ0) is 21.3. The number of rotatable bonds is 5. The molecule has 0 unspecified atom stereocenters. The summed E-state index contributed by atoms with van der Waals surface area (Å²) < 4.78 is 2.87. The number of aliphatic hydroxyl groups is 1. The quantitative estimate of drug-likeness (QED) is 0.577. The summed E-state index contributed by atoms with van der Waals surface area (Å²) in [6.45, 7) is 4.16. The predicted octanol–water partition coefficient (Wildman–Crippen LogP) is 3.86. The Labute approximate surface area is 183 Å². The normalized spacial score (nSPS) is 15.4. The van der Waals surface area contributed by atoms with Crippen LogP contribution in [0.2, 0.25) is 0 Å². The number of ketones is 1. The summed E-state index contributed by atoms with van der Waals surface area (Å²) >= 11 is 3.49. The van der Waals surface area contributed by atoms with Crippen LogP contribution in [0.1, 0.15) is 34.5 Å². The molecule has 0 amide bonds. The predicted molar refractivity (Wildman–Crippen MR) is 119 cm³/mol. The lowest BCUT2D eigenvalue weighted by Crippen LogP contribution is -2.38. The second-order valence-corrected chi connectivity index (χ2v) is 8.72. The fourth-order valence-corrected chi connectivity index (χ4v) is 4.54. The van der Waals surface area contributed by atoms with Crippen molar-refractivity contribution in [3.63, 3.8) is 0 Å². The minimum atomic E-state index is 0.0576. The lowest BCUT2D eigenvalue weighted by molar-refractivity contribution is 0.0865. The molecule has 30 heavy (non-hydrogen) atoms. The number of aromatic nitrogens is 2. The molecule has 0 aliphatic carbocycles. The summed E-state index contributed by atoms with van der Waals surface area (Å²) in [5, 5.41) is 18.4. The molecule has 0 spiro atoms. The van der Waals surface area contributed by atoms with Gasteiger partial charge in [-0.05, 0) is 85.0 Å². The molecule has 7 heteroatoms. The fraction of sp³-hybridized carbons (Fsp3) is 0.348. The number of pyridine rings is 1.